The van der Waals surface area contributed by atoms with E-state index < -0.39 is 0 Å². The number of aromatic nitrogens is 3. The van der Waals surface area contributed by atoms with Gasteiger partial charge in [0.25, 0.3) is 0 Å². The van der Waals surface area contributed by atoms with Crippen molar-refractivity contribution in [1.82, 2.24) is 14.4 Å². The summed E-state index contributed by atoms with van der Waals surface area (Å²) in [4.78, 5) is 9.11. The minimum absolute atomic E-state index is 0.247. The zero-order valence-electron chi connectivity index (χ0n) is 15.1. The largest absolute Gasteiger partial charge is 0.296 e. The molecule has 4 heteroatoms. The number of fused-ring (bicyclic) bond motifs is 1. The second-order valence-electron chi connectivity index (χ2n) is 8.38. The van der Waals surface area contributed by atoms with E-state index in [2.05, 4.69) is 36.7 Å². The van der Waals surface area contributed by atoms with E-state index in [0.29, 0.717) is 11.1 Å². The zero-order valence-corrected chi connectivity index (χ0v) is 15.9. The molecule has 0 aliphatic heterocycles. The number of nitrogens with zero attached hydrogens (tertiary/aromatic N) is 3. The van der Waals surface area contributed by atoms with Crippen LogP contribution in [-0.4, -0.2) is 14.4 Å². The summed E-state index contributed by atoms with van der Waals surface area (Å²) in [7, 11) is 0. The van der Waals surface area contributed by atoms with Crippen molar-refractivity contribution in [2.24, 2.45) is 5.41 Å². The molecule has 0 radical (unpaired) electrons. The number of halogens is 1. The summed E-state index contributed by atoms with van der Waals surface area (Å²) in [5, 5.41) is 0.537. The summed E-state index contributed by atoms with van der Waals surface area (Å²) >= 11 is 6.33. The average Bonchev–Trinajstić information content (AvgIpc) is 2.95. The molecule has 0 amide bonds. The SMILES string of the molecule is C=C(Cc1cnc(Cl)c2cnc(C3CCCCC3)n12)CC(C)(C)C. The van der Waals surface area contributed by atoms with Gasteiger partial charge in [-0.2, -0.15) is 0 Å². The highest BCUT2D eigenvalue weighted by Gasteiger charge is 2.23. The Morgan fingerprint density at radius 1 is 1.21 bits per heavy atom. The molecule has 0 bridgehead atoms. The Bertz CT molecular complexity index is 733. The van der Waals surface area contributed by atoms with Gasteiger partial charge in [0.05, 0.1) is 6.20 Å². The van der Waals surface area contributed by atoms with Gasteiger partial charge < -0.3 is 0 Å². The fourth-order valence-corrected chi connectivity index (χ4v) is 4.09. The lowest BCUT2D eigenvalue weighted by molar-refractivity contribution is 0.406. The molecule has 0 unspecified atom stereocenters. The summed E-state index contributed by atoms with van der Waals surface area (Å²) in [6, 6.07) is 0. The number of hydrogen-bond acceptors (Lipinski definition) is 2. The summed E-state index contributed by atoms with van der Waals surface area (Å²) in [5.41, 5.74) is 3.56. The standard InChI is InChI=1S/C20H28ClN3/c1-14(11-20(2,3)4)10-16-12-22-18(21)17-13-23-19(24(16)17)15-8-6-5-7-9-15/h12-13,15H,1,5-11H2,2-4H3. The van der Waals surface area contributed by atoms with Crippen LogP contribution in [0.25, 0.3) is 5.52 Å². The van der Waals surface area contributed by atoms with Crippen LogP contribution in [0.5, 0.6) is 0 Å². The smallest absolute Gasteiger partial charge is 0.154 e. The van der Waals surface area contributed by atoms with Crippen LogP contribution in [0.4, 0.5) is 0 Å². The molecule has 1 aliphatic rings. The molecule has 130 valence electrons. The van der Waals surface area contributed by atoms with E-state index in [9.17, 15) is 0 Å². The summed E-state index contributed by atoms with van der Waals surface area (Å²) in [5.74, 6) is 1.70. The summed E-state index contributed by atoms with van der Waals surface area (Å²) < 4.78 is 2.25. The first kappa shape index (κ1) is 17.5. The Kier molecular flexibility index (Phi) is 5.00. The van der Waals surface area contributed by atoms with Crippen molar-refractivity contribution in [2.45, 2.75) is 71.6 Å². The van der Waals surface area contributed by atoms with Crippen LogP contribution in [-0.2, 0) is 6.42 Å². The van der Waals surface area contributed by atoms with Crippen molar-refractivity contribution in [1.29, 1.82) is 0 Å². The van der Waals surface area contributed by atoms with E-state index in [4.69, 9.17) is 16.6 Å². The first-order chi connectivity index (χ1) is 11.3. The van der Waals surface area contributed by atoms with E-state index in [1.165, 1.54) is 37.7 Å². The predicted molar refractivity (Wildman–Crippen MR) is 101 cm³/mol. The Labute approximate surface area is 150 Å². The van der Waals surface area contributed by atoms with Crippen LogP contribution >= 0.6 is 11.6 Å². The van der Waals surface area contributed by atoms with Crippen LogP contribution < -0.4 is 0 Å². The van der Waals surface area contributed by atoms with Gasteiger partial charge in [0.15, 0.2) is 5.15 Å². The minimum atomic E-state index is 0.247. The lowest BCUT2D eigenvalue weighted by Gasteiger charge is -2.23. The Morgan fingerprint density at radius 2 is 1.92 bits per heavy atom. The zero-order chi connectivity index (χ0) is 17.3. The minimum Gasteiger partial charge on any atom is -0.296 e. The summed E-state index contributed by atoms with van der Waals surface area (Å²) in [6.07, 6.45) is 12.0. The maximum absolute atomic E-state index is 6.33. The van der Waals surface area contributed by atoms with Gasteiger partial charge in [0.2, 0.25) is 0 Å². The quantitative estimate of drug-likeness (QED) is 0.639. The fraction of sp³-hybridized carbons (Fsp3) is 0.600. The lowest BCUT2D eigenvalue weighted by Crippen LogP contribution is -2.13. The topological polar surface area (TPSA) is 30.2 Å². The Balaban J connectivity index is 1.96. The average molecular weight is 346 g/mol. The van der Waals surface area contributed by atoms with Crippen molar-refractivity contribution in [2.75, 3.05) is 0 Å². The van der Waals surface area contributed by atoms with E-state index >= 15 is 0 Å². The summed E-state index contributed by atoms with van der Waals surface area (Å²) in [6.45, 7) is 11.0. The van der Waals surface area contributed by atoms with Crippen LogP contribution in [0.1, 0.15) is 76.7 Å². The monoisotopic (exact) mass is 345 g/mol. The molecule has 3 rings (SSSR count). The highest BCUT2D eigenvalue weighted by atomic mass is 35.5. The number of rotatable bonds is 4. The van der Waals surface area contributed by atoms with Gasteiger partial charge in [-0.25, -0.2) is 9.97 Å². The van der Waals surface area contributed by atoms with Gasteiger partial charge in [-0.1, -0.05) is 63.8 Å². The Hall–Kier alpha value is -1.35. The van der Waals surface area contributed by atoms with Crippen molar-refractivity contribution in [3.63, 3.8) is 0 Å². The number of imidazole rings is 1. The second-order valence-corrected chi connectivity index (χ2v) is 8.73. The molecule has 2 heterocycles. The molecular weight excluding hydrogens is 318 g/mol. The molecule has 2 aromatic heterocycles. The van der Waals surface area contributed by atoms with Gasteiger partial charge >= 0.3 is 0 Å². The van der Waals surface area contributed by atoms with Crippen LogP contribution in [0, 0.1) is 5.41 Å². The van der Waals surface area contributed by atoms with Crippen molar-refractivity contribution in [3.8, 4) is 0 Å². The highest BCUT2D eigenvalue weighted by Crippen LogP contribution is 2.34. The molecule has 0 atom stereocenters. The highest BCUT2D eigenvalue weighted by molar-refractivity contribution is 6.32. The van der Waals surface area contributed by atoms with E-state index in [0.717, 1.165) is 29.9 Å². The molecule has 2 aromatic rings. The van der Waals surface area contributed by atoms with Gasteiger partial charge in [-0.05, 0) is 24.7 Å². The van der Waals surface area contributed by atoms with Crippen LogP contribution in [0.15, 0.2) is 24.5 Å². The molecule has 24 heavy (non-hydrogen) atoms. The maximum atomic E-state index is 6.33. The van der Waals surface area contributed by atoms with E-state index in [1.54, 1.807) is 0 Å². The molecule has 0 aromatic carbocycles. The molecule has 1 saturated carbocycles. The van der Waals surface area contributed by atoms with Crippen molar-refractivity contribution < 1.29 is 0 Å². The molecule has 0 saturated heterocycles. The number of hydrogen-bond donors (Lipinski definition) is 0. The van der Waals surface area contributed by atoms with E-state index in [-0.39, 0.29) is 5.41 Å². The molecule has 1 aliphatic carbocycles. The lowest BCUT2D eigenvalue weighted by atomic mass is 9.87. The van der Waals surface area contributed by atoms with Crippen molar-refractivity contribution in [3.05, 3.63) is 41.2 Å². The second kappa shape index (κ2) is 6.87. The first-order valence-corrected chi connectivity index (χ1v) is 9.40. The molecule has 0 N–H and O–H groups in total. The molecule has 3 nitrogen and oxygen atoms in total. The van der Waals surface area contributed by atoms with E-state index in [1.807, 2.05) is 12.4 Å². The van der Waals surface area contributed by atoms with Gasteiger partial charge in [0, 0.05) is 24.2 Å². The predicted octanol–water partition coefficient (Wildman–Crippen LogP) is 5.97. The van der Waals surface area contributed by atoms with Gasteiger partial charge in [-0.15, -0.1) is 0 Å². The third-order valence-electron chi connectivity index (χ3n) is 4.80. The maximum Gasteiger partial charge on any atom is 0.154 e. The fourth-order valence-electron chi connectivity index (χ4n) is 3.91. The molecule has 0 spiro atoms. The van der Waals surface area contributed by atoms with Crippen LogP contribution in [0.2, 0.25) is 5.15 Å². The third kappa shape index (κ3) is 3.83. The van der Waals surface area contributed by atoms with Gasteiger partial charge in [-0.3, -0.25) is 4.40 Å². The molecular formula is C20H28ClN3. The Morgan fingerprint density at radius 3 is 2.58 bits per heavy atom. The first-order valence-electron chi connectivity index (χ1n) is 9.02. The van der Waals surface area contributed by atoms with Crippen molar-refractivity contribution >= 4 is 17.1 Å². The number of allylic oxidation sites excluding steroid dienone is 1. The molecule has 1 fully saturated rings. The van der Waals surface area contributed by atoms with Crippen LogP contribution in [0.3, 0.4) is 0 Å². The van der Waals surface area contributed by atoms with Gasteiger partial charge in [0.1, 0.15) is 11.3 Å². The third-order valence-corrected chi connectivity index (χ3v) is 5.09. The normalized spacial score (nSPS) is 16.7.